The highest BCUT2D eigenvalue weighted by Gasteiger charge is 2.07. The van der Waals surface area contributed by atoms with Crippen molar-refractivity contribution in [2.24, 2.45) is 5.73 Å². The van der Waals surface area contributed by atoms with Gasteiger partial charge in [-0.3, -0.25) is 4.98 Å². The maximum absolute atomic E-state index is 5.50. The van der Waals surface area contributed by atoms with Crippen molar-refractivity contribution < 1.29 is 4.74 Å². The SMILES string of the molecule is COC(CN)c1cncc(Br)c1. The van der Waals surface area contributed by atoms with Crippen LogP contribution in [0.2, 0.25) is 0 Å². The van der Waals surface area contributed by atoms with Crippen molar-refractivity contribution in [2.75, 3.05) is 13.7 Å². The zero-order chi connectivity index (χ0) is 8.97. The molecule has 0 amide bonds. The number of ether oxygens (including phenoxy) is 1. The van der Waals surface area contributed by atoms with Crippen LogP contribution in [-0.2, 0) is 4.74 Å². The van der Waals surface area contributed by atoms with Gasteiger partial charge in [-0.2, -0.15) is 0 Å². The Morgan fingerprint density at radius 1 is 1.67 bits per heavy atom. The van der Waals surface area contributed by atoms with E-state index in [-0.39, 0.29) is 6.10 Å². The van der Waals surface area contributed by atoms with Gasteiger partial charge < -0.3 is 10.5 Å². The Morgan fingerprint density at radius 2 is 2.42 bits per heavy atom. The van der Waals surface area contributed by atoms with Crippen LogP contribution in [0.3, 0.4) is 0 Å². The van der Waals surface area contributed by atoms with Crippen molar-refractivity contribution >= 4 is 15.9 Å². The number of rotatable bonds is 3. The van der Waals surface area contributed by atoms with E-state index in [1.807, 2.05) is 6.07 Å². The van der Waals surface area contributed by atoms with Crippen LogP contribution < -0.4 is 5.73 Å². The monoisotopic (exact) mass is 230 g/mol. The number of hydrogen-bond acceptors (Lipinski definition) is 3. The van der Waals surface area contributed by atoms with Crippen LogP contribution in [-0.4, -0.2) is 18.6 Å². The molecule has 3 nitrogen and oxygen atoms in total. The summed E-state index contributed by atoms with van der Waals surface area (Å²) in [6, 6.07) is 1.95. The maximum Gasteiger partial charge on any atom is 0.0958 e. The molecule has 0 radical (unpaired) electrons. The fourth-order valence-electron chi connectivity index (χ4n) is 0.973. The Bertz CT molecular complexity index is 251. The van der Waals surface area contributed by atoms with E-state index in [2.05, 4.69) is 20.9 Å². The molecule has 0 fully saturated rings. The van der Waals surface area contributed by atoms with Crippen LogP contribution in [0.15, 0.2) is 22.9 Å². The summed E-state index contributed by atoms with van der Waals surface area (Å²) >= 11 is 3.33. The topological polar surface area (TPSA) is 48.1 Å². The van der Waals surface area contributed by atoms with Gasteiger partial charge in [-0.15, -0.1) is 0 Å². The summed E-state index contributed by atoms with van der Waals surface area (Å²) in [5, 5.41) is 0. The standard InChI is InChI=1S/C8H11BrN2O/c1-12-8(3-10)6-2-7(9)5-11-4-6/h2,4-5,8H,3,10H2,1H3. The van der Waals surface area contributed by atoms with Crippen molar-refractivity contribution in [1.82, 2.24) is 4.98 Å². The molecule has 0 saturated carbocycles. The van der Waals surface area contributed by atoms with Gasteiger partial charge in [0.05, 0.1) is 6.10 Å². The minimum Gasteiger partial charge on any atom is -0.375 e. The van der Waals surface area contributed by atoms with Crippen molar-refractivity contribution in [1.29, 1.82) is 0 Å². The first-order chi connectivity index (χ1) is 5.77. The lowest BCUT2D eigenvalue weighted by molar-refractivity contribution is 0.110. The summed E-state index contributed by atoms with van der Waals surface area (Å²) in [5.41, 5.74) is 6.49. The highest BCUT2D eigenvalue weighted by molar-refractivity contribution is 9.10. The van der Waals surface area contributed by atoms with Crippen LogP contribution in [0.25, 0.3) is 0 Å². The first-order valence-electron chi connectivity index (χ1n) is 3.61. The van der Waals surface area contributed by atoms with Crippen molar-refractivity contribution in [2.45, 2.75) is 6.10 Å². The van der Waals surface area contributed by atoms with Gasteiger partial charge in [-0.25, -0.2) is 0 Å². The van der Waals surface area contributed by atoms with E-state index >= 15 is 0 Å². The summed E-state index contributed by atoms with van der Waals surface area (Å²) in [6.45, 7) is 0.467. The van der Waals surface area contributed by atoms with Crippen LogP contribution in [0.1, 0.15) is 11.7 Å². The fraction of sp³-hybridized carbons (Fsp3) is 0.375. The van der Waals surface area contributed by atoms with E-state index in [1.165, 1.54) is 0 Å². The van der Waals surface area contributed by atoms with Crippen molar-refractivity contribution in [3.8, 4) is 0 Å². The maximum atomic E-state index is 5.50. The third-order valence-corrected chi connectivity index (χ3v) is 2.03. The molecule has 1 rings (SSSR count). The zero-order valence-electron chi connectivity index (χ0n) is 6.83. The van der Waals surface area contributed by atoms with E-state index in [4.69, 9.17) is 10.5 Å². The summed E-state index contributed by atoms with van der Waals surface area (Å²) in [7, 11) is 1.64. The van der Waals surface area contributed by atoms with Gasteiger partial charge >= 0.3 is 0 Å². The molecule has 2 N–H and O–H groups in total. The van der Waals surface area contributed by atoms with Gasteiger partial charge in [0.1, 0.15) is 0 Å². The lowest BCUT2D eigenvalue weighted by Gasteiger charge is -2.12. The van der Waals surface area contributed by atoms with Crippen LogP contribution in [0.5, 0.6) is 0 Å². The molecule has 0 aliphatic carbocycles. The van der Waals surface area contributed by atoms with Gasteiger partial charge in [-0.05, 0) is 22.0 Å². The quantitative estimate of drug-likeness (QED) is 0.857. The van der Waals surface area contributed by atoms with Crippen LogP contribution in [0.4, 0.5) is 0 Å². The molecule has 0 aliphatic heterocycles. The Hall–Kier alpha value is -0.450. The second-order valence-corrected chi connectivity index (χ2v) is 3.31. The summed E-state index contributed by atoms with van der Waals surface area (Å²) < 4.78 is 6.09. The average molecular weight is 231 g/mol. The van der Waals surface area contributed by atoms with Gasteiger partial charge in [0.2, 0.25) is 0 Å². The molecule has 0 spiro atoms. The molecule has 0 saturated heterocycles. The molecule has 0 aliphatic rings. The molecule has 1 heterocycles. The number of nitrogens with zero attached hydrogens (tertiary/aromatic N) is 1. The Labute approximate surface area is 80.1 Å². The Kier molecular flexibility index (Phi) is 3.65. The number of methoxy groups -OCH3 is 1. The van der Waals surface area contributed by atoms with Crippen LogP contribution >= 0.6 is 15.9 Å². The number of aromatic nitrogens is 1. The zero-order valence-corrected chi connectivity index (χ0v) is 8.41. The summed E-state index contributed by atoms with van der Waals surface area (Å²) in [6.07, 6.45) is 3.42. The summed E-state index contributed by atoms with van der Waals surface area (Å²) in [4.78, 5) is 4.02. The lowest BCUT2D eigenvalue weighted by atomic mass is 10.2. The first kappa shape index (κ1) is 9.64. The minimum absolute atomic E-state index is 0.0602. The predicted octanol–water partition coefficient (Wildman–Crippen LogP) is 1.49. The van der Waals surface area contributed by atoms with E-state index in [0.717, 1.165) is 10.0 Å². The van der Waals surface area contributed by atoms with Gasteiger partial charge in [-0.1, -0.05) is 0 Å². The highest BCUT2D eigenvalue weighted by Crippen LogP contribution is 2.17. The normalized spacial score (nSPS) is 12.9. The molecular weight excluding hydrogens is 220 g/mol. The third-order valence-electron chi connectivity index (χ3n) is 1.60. The highest BCUT2D eigenvalue weighted by atomic mass is 79.9. The molecule has 1 atom stereocenters. The molecule has 4 heteroatoms. The largest absolute Gasteiger partial charge is 0.375 e. The van der Waals surface area contributed by atoms with Gasteiger partial charge in [0.15, 0.2) is 0 Å². The van der Waals surface area contributed by atoms with Gasteiger partial charge in [0, 0.05) is 36.1 Å². The van der Waals surface area contributed by atoms with Crippen molar-refractivity contribution in [3.63, 3.8) is 0 Å². The van der Waals surface area contributed by atoms with Crippen LogP contribution in [0, 0.1) is 0 Å². The van der Waals surface area contributed by atoms with E-state index < -0.39 is 0 Å². The molecule has 0 aromatic carbocycles. The molecule has 12 heavy (non-hydrogen) atoms. The molecule has 0 bridgehead atoms. The average Bonchev–Trinajstić information content (AvgIpc) is 2.07. The number of pyridine rings is 1. The Morgan fingerprint density at radius 3 is 2.92 bits per heavy atom. The molecule has 1 unspecified atom stereocenters. The number of halogens is 1. The van der Waals surface area contributed by atoms with Gasteiger partial charge in [0.25, 0.3) is 0 Å². The minimum atomic E-state index is -0.0602. The van der Waals surface area contributed by atoms with E-state index in [9.17, 15) is 0 Å². The summed E-state index contributed by atoms with van der Waals surface area (Å²) in [5.74, 6) is 0. The molecule has 66 valence electrons. The lowest BCUT2D eigenvalue weighted by Crippen LogP contribution is -2.14. The third kappa shape index (κ3) is 2.27. The molecule has 1 aromatic heterocycles. The first-order valence-corrected chi connectivity index (χ1v) is 4.40. The number of nitrogens with two attached hydrogens (primary N) is 1. The fourth-order valence-corrected chi connectivity index (χ4v) is 1.36. The number of hydrogen-bond donors (Lipinski definition) is 1. The predicted molar refractivity (Wildman–Crippen MR) is 50.7 cm³/mol. The van der Waals surface area contributed by atoms with Crippen molar-refractivity contribution in [3.05, 3.63) is 28.5 Å². The smallest absolute Gasteiger partial charge is 0.0958 e. The van der Waals surface area contributed by atoms with E-state index in [1.54, 1.807) is 19.5 Å². The Balaban J connectivity index is 2.85. The second kappa shape index (κ2) is 4.54. The molecular formula is C8H11BrN2O. The second-order valence-electron chi connectivity index (χ2n) is 2.40. The van der Waals surface area contributed by atoms with E-state index in [0.29, 0.717) is 6.54 Å². The molecule has 1 aromatic rings.